The molecule has 0 aromatic heterocycles. The molecule has 0 unspecified atom stereocenters. The number of ether oxygens (including phenoxy) is 1. The molecule has 0 aromatic rings. The van der Waals surface area contributed by atoms with Crippen molar-refractivity contribution >= 4 is 5.97 Å². The van der Waals surface area contributed by atoms with E-state index < -0.39 is 0 Å². The Morgan fingerprint density at radius 3 is 2.42 bits per heavy atom. The van der Waals surface area contributed by atoms with Crippen molar-refractivity contribution in [3.63, 3.8) is 0 Å². The summed E-state index contributed by atoms with van der Waals surface area (Å²) in [5.41, 5.74) is 2.39. The molecule has 0 saturated carbocycles. The number of hydrogen-bond donors (Lipinski definition) is 0. The summed E-state index contributed by atoms with van der Waals surface area (Å²) in [6, 6.07) is 0. The average molecular weight is 266 g/mol. The van der Waals surface area contributed by atoms with Gasteiger partial charge in [-0.15, -0.1) is 0 Å². The Kier molecular flexibility index (Phi) is 8.61. The molecule has 1 aliphatic carbocycles. The number of allylic oxidation sites excluding steroid dienone is 1. The fraction of sp³-hybridized carbons (Fsp3) is 0.824. The molecule has 0 bridgehead atoms. The van der Waals surface area contributed by atoms with E-state index in [4.69, 9.17) is 4.74 Å². The van der Waals surface area contributed by atoms with E-state index in [2.05, 4.69) is 6.92 Å². The minimum absolute atomic E-state index is 0.0526. The summed E-state index contributed by atoms with van der Waals surface area (Å²) in [6.45, 7) is 4.62. The zero-order valence-electron chi connectivity index (χ0n) is 12.8. The smallest absolute Gasteiger partial charge is 0.333 e. The van der Waals surface area contributed by atoms with Gasteiger partial charge in [0.05, 0.1) is 6.61 Å². The molecular weight excluding hydrogens is 236 g/mol. The number of carbonyl (C=O) groups is 1. The lowest BCUT2D eigenvalue weighted by atomic mass is 9.88. The molecule has 110 valence electrons. The lowest BCUT2D eigenvalue weighted by Crippen LogP contribution is -2.13. The van der Waals surface area contributed by atoms with Crippen LogP contribution in [-0.2, 0) is 9.53 Å². The van der Waals surface area contributed by atoms with Crippen molar-refractivity contribution < 1.29 is 9.53 Å². The molecule has 0 spiro atoms. The van der Waals surface area contributed by atoms with Gasteiger partial charge in [-0.25, -0.2) is 4.79 Å². The third kappa shape index (κ3) is 6.26. The second kappa shape index (κ2) is 10.1. The molecule has 0 amide bonds. The lowest BCUT2D eigenvalue weighted by Gasteiger charge is -2.19. The van der Waals surface area contributed by atoms with E-state index in [0.717, 1.165) is 31.3 Å². The molecule has 2 nitrogen and oxygen atoms in total. The standard InChI is InChI=1S/C17H30O2/c1-3-5-6-7-8-9-12-15-13-10-11-14-16(15)17(18)19-4-2/h3-14H2,1-2H3. The predicted octanol–water partition coefficient (Wildman–Crippen LogP) is 5.17. The largest absolute Gasteiger partial charge is 0.463 e. The van der Waals surface area contributed by atoms with Crippen LogP contribution in [0.4, 0.5) is 0 Å². The Bertz CT molecular complexity index is 292. The molecule has 0 saturated heterocycles. The molecule has 0 aliphatic heterocycles. The van der Waals surface area contributed by atoms with Gasteiger partial charge < -0.3 is 4.74 Å². The summed E-state index contributed by atoms with van der Waals surface area (Å²) in [4.78, 5) is 11.9. The van der Waals surface area contributed by atoms with Crippen molar-refractivity contribution in [1.82, 2.24) is 0 Å². The zero-order chi connectivity index (χ0) is 13.9. The van der Waals surface area contributed by atoms with Crippen molar-refractivity contribution in [2.24, 2.45) is 0 Å². The van der Waals surface area contributed by atoms with Gasteiger partial charge in [-0.05, 0) is 45.4 Å². The van der Waals surface area contributed by atoms with Crippen LogP contribution in [0.5, 0.6) is 0 Å². The maximum atomic E-state index is 11.9. The van der Waals surface area contributed by atoms with Gasteiger partial charge >= 0.3 is 5.97 Å². The first-order chi connectivity index (χ1) is 9.29. The minimum Gasteiger partial charge on any atom is -0.463 e. The van der Waals surface area contributed by atoms with Crippen LogP contribution in [0.3, 0.4) is 0 Å². The van der Waals surface area contributed by atoms with Crippen LogP contribution in [0, 0.1) is 0 Å². The minimum atomic E-state index is -0.0526. The zero-order valence-corrected chi connectivity index (χ0v) is 12.8. The fourth-order valence-electron chi connectivity index (χ4n) is 2.83. The van der Waals surface area contributed by atoms with Crippen LogP contribution in [0.1, 0.15) is 84.5 Å². The first-order valence-electron chi connectivity index (χ1n) is 8.17. The fourth-order valence-corrected chi connectivity index (χ4v) is 2.83. The predicted molar refractivity (Wildman–Crippen MR) is 80.1 cm³/mol. The van der Waals surface area contributed by atoms with E-state index in [1.54, 1.807) is 0 Å². The van der Waals surface area contributed by atoms with Gasteiger partial charge in [-0.1, -0.05) is 44.6 Å². The van der Waals surface area contributed by atoms with Gasteiger partial charge in [0, 0.05) is 5.57 Å². The number of rotatable bonds is 9. The number of hydrogen-bond acceptors (Lipinski definition) is 2. The van der Waals surface area contributed by atoms with Crippen molar-refractivity contribution in [3.8, 4) is 0 Å². The van der Waals surface area contributed by atoms with E-state index >= 15 is 0 Å². The van der Waals surface area contributed by atoms with Crippen LogP contribution in [-0.4, -0.2) is 12.6 Å². The summed E-state index contributed by atoms with van der Waals surface area (Å²) in [7, 11) is 0. The third-order valence-corrected chi connectivity index (χ3v) is 3.94. The monoisotopic (exact) mass is 266 g/mol. The van der Waals surface area contributed by atoms with Crippen LogP contribution < -0.4 is 0 Å². The molecule has 0 aromatic carbocycles. The molecule has 0 fully saturated rings. The van der Waals surface area contributed by atoms with Crippen molar-refractivity contribution in [3.05, 3.63) is 11.1 Å². The normalized spacial score (nSPS) is 15.7. The maximum Gasteiger partial charge on any atom is 0.333 e. The first-order valence-corrected chi connectivity index (χ1v) is 8.17. The number of unbranched alkanes of at least 4 members (excludes halogenated alkanes) is 5. The SMILES string of the molecule is CCCCCCCCC1=C(C(=O)OCC)CCCC1. The van der Waals surface area contributed by atoms with Crippen LogP contribution in [0.2, 0.25) is 0 Å². The molecule has 0 atom stereocenters. The van der Waals surface area contributed by atoms with Crippen molar-refractivity contribution in [2.75, 3.05) is 6.61 Å². The van der Waals surface area contributed by atoms with Gasteiger partial charge in [-0.3, -0.25) is 0 Å². The molecule has 0 heterocycles. The van der Waals surface area contributed by atoms with Gasteiger partial charge in [0.2, 0.25) is 0 Å². The summed E-state index contributed by atoms with van der Waals surface area (Å²) < 4.78 is 5.17. The molecule has 19 heavy (non-hydrogen) atoms. The quantitative estimate of drug-likeness (QED) is 0.425. The van der Waals surface area contributed by atoms with Crippen molar-refractivity contribution in [1.29, 1.82) is 0 Å². The van der Waals surface area contributed by atoms with Gasteiger partial charge in [-0.2, -0.15) is 0 Å². The molecule has 0 radical (unpaired) electrons. The molecule has 2 heteroatoms. The van der Waals surface area contributed by atoms with Gasteiger partial charge in [0.25, 0.3) is 0 Å². The highest BCUT2D eigenvalue weighted by Crippen LogP contribution is 2.29. The number of esters is 1. The van der Waals surface area contributed by atoms with E-state index in [1.165, 1.54) is 50.5 Å². The third-order valence-electron chi connectivity index (χ3n) is 3.94. The Morgan fingerprint density at radius 2 is 1.68 bits per heavy atom. The Hall–Kier alpha value is -0.790. The summed E-state index contributed by atoms with van der Waals surface area (Å²) >= 11 is 0. The maximum absolute atomic E-state index is 11.9. The van der Waals surface area contributed by atoms with Gasteiger partial charge in [0.1, 0.15) is 0 Å². The van der Waals surface area contributed by atoms with Crippen molar-refractivity contribution in [2.45, 2.75) is 84.5 Å². The molecule has 0 N–H and O–H groups in total. The summed E-state index contributed by atoms with van der Waals surface area (Å²) in [5, 5.41) is 0. The highest BCUT2D eigenvalue weighted by Gasteiger charge is 2.19. The lowest BCUT2D eigenvalue weighted by molar-refractivity contribution is -0.138. The topological polar surface area (TPSA) is 26.3 Å². The van der Waals surface area contributed by atoms with Crippen LogP contribution >= 0.6 is 0 Å². The number of carbonyl (C=O) groups excluding carboxylic acids is 1. The van der Waals surface area contributed by atoms with Gasteiger partial charge in [0.15, 0.2) is 0 Å². The Balaban J connectivity index is 2.36. The van der Waals surface area contributed by atoms with Crippen LogP contribution in [0.25, 0.3) is 0 Å². The summed E-state index contributed by atoms with van der Waals surface area (Å²) in [6.07, 6.45) is 13.5. The van der Waals surface area contributed by atoms with E-state index in [1.807, 2.05) is 6.92 Å². The molecule has 1 aliphatic rings. The van der Waals surface area contributed by atoms with E-state index in [0.29, 0.717) is 6.61 Å². The highest BCUT2D eigenvalue weighted by molar-refractivity contribution is 5.89. The first kappa shape index (κ1) is 16.3. The second-order valence-electron chi connectivity index (χ2n) is 5.53. The van der Waals surface area contributed by atoms with Crippen LogP contribution in [0.15, 0.2) is 11.1 Å². The molecular formula is C17H30O2. The Labute approximate surface area is 118 Å². The average Bonchev–Trinajstić information content (AvgIpc) is 2.43. The second-order valence-corrected chi connectivity index (χ2v) is 5.53. The summed E-state index contributed by atoms with van der Waals surface area (Å²) in [5.74, 6) is -0.0526. The Morgan fingerprint density at radius 1 is 1.00 bits per heavy atom. The molecule has 1 rings (SSSR count). The highest BCUT2D eigenvalue weighted by atomic mass is 16.5. The van der Waals surface area contributed by atoms with E-state index in [9.17, 15) is 4.79 Å². The van der Waals surface area contributed by atoms with E-state index in [-0.39, 0.29) is 5.97 Å².